The summed E-state index contributed by atoms with van der Waals surface area (Å²) in [5.74, 6) is -0.473. The number of thiophene rings is 1. The molecule has 5 N–H and O–H groups in total. The van der Waals surface area contributed by atoms with E-state index in [1.54, 1.807) is 0 Å². The van der Waals surface area contributed by atoms with Gasteiger partial charge in [-0.05, 0) is 34.1 Å². The normalized spacial score (nSPS) is 17.7. The number of halogens is 3. The molecule has 3 rings (SSSR count). The van der Waals surface area contributed by atoms with E-state index in [0.717, 1.165) is 0 Å². The third-order valence-electron chi connectivity index (χ3n) is 3.88. The molecule has 2 aromatic rings. The van der Waals surface area contributed by atoms with Crippen molar-refractivity contribution in [2.24, 2.45) is 0 Å². The van der Waals surface area contributed by atoms with E-state index in [4.69, 9.17) is 9.79 Å². The first-order chi connectivity index (χ1) is 12.5. The van der Waals surface area contributed by atoms with Crippen LogP contribution in [0.2, 0.25) is 0 Å². The van der Waals surface area contributed by atoms with Gasteiger partial charge in [0.15, 0.2) is 0 Å². The third-order valence-corrected chi connectivity index (χ3v) is 7.32. The second-order valence-electron chi connectivity index (χ2n) is 5.80. The number of alkyl halides is 2. The van der Waals surface area contributed by atoms with E-state index in [1.165, 1.54) is 18.2 Å². The average molecular weight is 484 g/mol. The standard InChI is InChI=1S/C14H13BrF2N3O5PS/c15-10-8-3-6(12(21)18-4-7-5-19-13(22)20-7)1-2-9(8)27-11(10)14(16,17)26(23,24)25/h1-3,7H,4-5H2,(H,18,21)(H2,19,20,22)(H2,23,24,25)/t7-/m0/s1. The summed E-state index contributed by atoms with van der Waals surface area (Å²) in [4.78, 5) is 40.4. The van der Waals surface area contributed by atoms with Gasteiger partial charge in [0, 0.05) is 33.2 Å². The molecule has 0 bridgehead atoms. The molecule has 1 aromatic carbocycles. The Kier molecular flexibility index (Phi) is 5.30. The van der Waals surface area contributed by atoms with Crippen molar-refractivity contribution in [3.63, 3.8) is 0 Å². The van der Waals surface area contributed by atoms with Crippen molar-refractivity contribution in [3.05, 3.63) is 33.1 Å². The molecule has 1 aliphatic rings. The number of carbonyl (C=O) groups is 2. The smallest absolute Gasteiger partial charge is 0.350 e. The van der Waals surface area contributed by atoms with Crippen molar-refractivity contribution < 1.29 is 32.7 Å². The van der Waals surface area contributed by atoms with Crippen molar-refractivity contribution in [3.8, 4) is 0 Å². The van der Waals surface area contributed by atoms with Crippen molar-refractivity contribution in [1.29, 1.82) is 0 Å². The highest BCUT2D eigenvalue weighted by Crippen LogP contribution is 2.62. The Morgan fingerprint density at radius 3 is 2.74 bits per heavy atom. The predicted molar refractivity (Wildman–Crippen MR) is 98.1 cm³/mol. The van der Waals surface area contributed by atoms with Gasteiger partial charge >= 0.3 is 19.3 Å². The summed E-state index contributed by atoms with van der Waals surface area (Å²) in [6.07, 6.45) is 0. The van der Waals surface area contributed by atoms with Gasteiger partial charge in [0.2, 0.25) is 0 Å². The maximum absolute atomic E-state index is 14.0. The summed E-state index contributed by atoms with van der Waals surface area (Å²) < 4.78 is 39.4. The molecule has 146 valence electrons. The lowest BCUT2D eigenvalue weighted by atomic mass is 10.1. The molecular weight excluding hydrogens is 471 g/mol. The van der Waals surface area contributed by atoms with E-state index in [9.17, 15) is 22.9 Å². The van der Waals surface area contributed by atoms with Gasteiger partial charge in [0.05, 0.1) is 6.04 Å². The number of urea groups is 1. The highest BCUT2D eigenvalue weighted by molar-refractivity contribution is 9.10. The Labute approximate surface area is 163 Å². The van der Waals surface area contributed by atoms with Crippen LogP contribution in [0.3, 0.4) is 0 Å². The number of hydrogen-bond acceptors (Lipinski definition) is 4. The lowest BCUT2D eigenvalue weighted by Crippen LogP contribution is -2.39. The zero-order valence-corrected chi connectivity index (χ0v) is 16.6. The van der Waals surface area contributed by atoms with Crippen molar-refractivity contribution in [2.45, 2.75) is 11.7 Å². The molecule has 0 spiro atoms. The average Bonchev–Trinajstić information content (AvgIpc) is 3.15. The molecule has 2 heterocycles. The number of rotatable bonds is 5. The summed E-state index contributed by atoms with van der Waals surface area (Å²) in [5.41, 5.74) is -4.16. The van der Waals surface area contributed by atoms with Crippen LogP contribution in [0.25, 0.3) is 10.1 Å². The molecule has 1 saturated heterocycles. The van der Waals surface area contributed by atoms with Crippen LogP contribution in [0.4, 0.5) is 13.6 Å². The monoisotopic (exact) mass is 483 g/mol. The van der Waals surface area contributed by atoms with Crippen molar-refractivity contribution in [1.82, 2.24) is 16.0 Å². The molecule has 3 amide bonds. The minimum absolute atomic E-state index is 0.169. The molecule has 1 aliphatic heterocycles. The van der Waals surface area contributed by atoms with Crippen LogP contribution in [0.5, 0.6) is 0 Å². The summed E-state index contributed by atoms with van der Waals surface area (Å²) in [7, 11) is -5.70. The number of amides is 3. The molecule has 0 unspecified atom stereocenters. The van der Waals surface area contributed by atoms with Crippen LogP contribution in [0.1, 0.15) is 15.2 Å². The van der Waals surface area contributed by atoms with Gasteiger partial charge in [-0.15, -0.1) is 11.3 Å². The molecule has 8 nitrogen and oxygen atoms in total. The van der Waals surface area contributed by atoms with Crippen LogP contribution in [0, 0.1) is 0 Å². The van der Waals surface area contributed by atoms with Crippen molar-refractivity contribution >= 4 is 56.9 Å². The molecular formula is C14H13BrF2N3O5PS. The van der Waals surface area contributed by atoms with E-state index in [-0.39, 0.29) is 34.0 Å². The summed E-state index contributed by atoms with van der Waals surface area (Å²) in [6.45, 7) is 0.553. The van der Waals surface area contributed by atoms with Gasteiger partial charge in [-0.2, -0.15) is 8.78 Å². The fourth-order valence-corrected chi connectivity index (χ4v) is 5.40. The first-order valence-corrected chi connectivity index (χ1v) is 10.7. The molecule has 1 fully saturated rings. The van der Waals surface area contributed by atoms with Gasteiger partial charge in [-0.1, -0.05) is 0 Å². The summed E-state index contributed by atoms with van der Waals surface area (Å²) >= 11 is 3.50. The highest BCUT2D eigenvalue weighted by Gasteiger charge is 2.53. The molecule has 0 radical (unpaired) electrons. The SMILES string of the molecule is O=C1NC[C@H](CNC(=O)c2ccc3sc(C(F)(F)P(=O)(O)O)c(Br)c3c2)N1. The molecule has 0 saturated carbocycles. The maximum atomic E-state index is 14.0. The Morgan fingerprint density at radius 1 is 1.44 bits per heavy atom. The van der Waals surface area contributed by atoms with Crippen molar-refractivity contribution in [2.75, 3.05) is 13.1 Å². The zero-order chi connectivity index (χ0) is 20.0. The van der Waals surface area contributed by atoms with Crippen LogP contribution in [-0.4, -0.2) is 40.9 Å². The third kappa shape index (κ3) is 3.85. The lowest BCUT2D eigenvalue weighted by Gasteiger charge is -2.16. The molecule has 0 aliphatic carbocycles. The van der Waals surface area contributed by atoms with Crippen LogP contribution >= 0.6 is 34.9 Å². The fraction of sp³-hybridized carbons (Fsp3) is 0.286. The number of nitrogens with one attached hydrogen (secondary N) is 3. The number of benzene rings is 1. The van der Waals surface area contributed by atoms with Gasteiger partial charge in [0.25, 0.3) is 5.91 Å². The Bertz CT molecular complexity index is 979. The number of carbonyl (C=O) groups excluding carboxylic acids is 2. The van der Waals surface area contributed by atoms with E-state index >= 15 is 0 Å². The quantitative estimate of drug-likeness (QED) is 0.417. The van der Waals surface area contributed by atoms with Gasteiger partial charge in [-0.25, -0.2) is 4.79 Å². The zero-order valence-electron chi connectivity index (χ0n) is 13.3. The predicted octanol–water partition coefficient (Wildman–Crippen LogP) is 2.30. The topological polar surface area (TPSA) is 128 Å². The minimum atomic E-state index is -5.70. The van der Waals surface area contributed by atoms with Crippen LogP contribution in [0.15, 0.2) is 22.7 Å². The number of fused-ring (bicyclic) bond motifs is 1. The Balaban J connectivity index is 1.85. The Hall–Kier alpha value is -1.59. The summed E-state index contributed by atoms with van der Waals surface area (Å²) in [5, 5.41) is 8.03. The van der Waals surface area contributed by atoms with Gasteiger partial charge in [0.1, 0.15) is 4.88 Å². The Morgan fingerprint density at radius 2 is 2.15 bits per heavy atom. The largest absolute Gasteiger partial charge is 0.400 e. The summed E-state index contributed by atoms with van der Waals surface area (Å²) in [6, 6.07) is 3.63. The molecule has 27 heavy (non-hydrogen) atoms. The minimum Gasteiger partial charge on any atom is -0.350 e. The second-order valence-corrected chi connectivity index (χ2v) is 9.30. The van der Waals surface area contributed by atoms with Gasteiger partial charge < -0.3 is 25.7 Å². The van der Waals surface area contributed by atoms with Crippen LogP contribution in [-0.2, 0) is 10.2 Å². The number of hydrogen-bond donors (Lipinski definition) is 5. The van der Waals surface area contributed by atoms with E-state index in [0.29, 0.717) is 22.6 Å². The first-order valence-electron chi connectivity index (χ1n) is 7.49. The van der Waals surface area contributed by atoms with E-state index in [1.807, 2.05) is 0 Å². The van der Waals surface area contributed by atoms with E-state index in [2.05, 4.69) is 31.9 Å². The van der Waals surface area contributed by atoms with E-state index < -0.39 is 24.0 Å². The molecule has 1 atom stereocenters. The maximum Gasteiger partial charge on any atom is 0.400 e. The fourth-order valence-electron chi connectivity index (χ4n) is 2.48. The molecule has 13 heteroatoms. The van der Waals surface area contributed by atoms with Gasteiger partial charge in [-0.3, -0.25) is 9.36 Å². The first kappa shape index (κ1) is 20.2. The highest BCUT2D eigenvalue weighted by atomic mass is 79.9. The lowest BCUT2D eigenvalue weighted by molar-refractivity contribution is 0.0595. The van der Waals surface area contributed by atoms with Crippen LogP contribution < -0.4 is 16.0 Å². The molecule has 1 aromatic heterocycles. The second kappa shape index (κ2) is 7.10.